The van der Waals surface area contributed by atoms with Crippen molar-refractivity contribution in [1.82, 2.24) is 15.0 Å². The van der Waals surface area contributed by atoms with Gasteiger partial charge < -0.3 is 15.0 Å². The maximum Gasteiger partial charge on any atom is 0.296 e. The van der Waals surface area contributed by atoms with Crippen molar-refractivity contribution in [2.24, 2.45) is 0 Å². The molecule has 0 aliphatic rings. The minimum atomic E-state index is 0.517. The van der Waals surface area contributed by atoms with Crippen LogP contribution in [0.3, 0.4) is 0 Å². The summed E-state index contributed by atoms with van der Waals surface area (Å²) in [7, 11) is 1.82. The molecule has 0 saturated heterocycles. The topological polar surface area (TPSA) is 62.8 Å². The number of imidazole rings is 1. The van der Waals surface area contributed by atoms with Crippen LogP contribution >= 0.6 is 0 Å². The predicted octanol–water partition coefficient (Wildman–Crippen LogP) is 1.40. The Morgan fingerprint density at radius 3 is 3.00 bits per heavy atom. The monoisotopic (exact) mass is 192 g/mol. The van der Waals surface area contributed by atoms with E-state index in [1.165, 1.54) is 0 Å². The number of fused-ring (bicyclic) bond motifs is 1. The first-order chi connectivity index (χ1) is 6.83. The molecule has 0 radical (unpaired) electrons. The number of anilines is 1. The summed E-state index contributed by atoms with van der Waals surface area (Å²) < 4.78 is 5.24. The molecule has 74 valence electrons. The van der Waals surface area contributed by atoms with Crippen molar-refractivity contribution in [1.29, 1.82) is 0 Å². The van der Waals surface area contributed by atoms with Crippen LogP contribution < -0.4 is 10.1 Å². The molecule has 0 bridgehead atoms. The Labute approximate surface area is 81.5 Å². The van der Waals surface area contributed by atoms with Crippen molar-refractivity contribution in [2.45, 2.75) is 6.92 Å². The molecule has 5 nitrogen and oxygen atoms in total. The van der Waals surface area contributed by atoms with E-state index in [0.29, 0.717) is 18.3 Å². The van der Waals surface area contributed by atoms with Crippen molar-refractivity contribution >= 4 is 17.0 Å². The summed E-state index contributed by atoms with van der Waals surface area (Å²) in [6.45, 7) is 2.51. The van der Waals surface area contributed by atoms with E-state index < -0.39 is 0 Å². The molecule has 2 aromatic rings. The first-order valence-corrected chi connectivity index (χ1v) is 4.51. The lowest BCUT2D eigenvalue weighted by atomic mass is 10.4. The van der Waals surface area contributed by atoms with Crippen LogP contribution in [0.5, 0.6) is 6.01 Å². The van der Waals surface area contributed by atoms with Crippen molar-refractivity contribution in [3.63, 3.8) is 0 Å². The maximum absolute atomic E-state index is 5.24. The summed E-state index contributed by atoms with van der Waals surface area (Å²) in [6, 6.07) is 4.32. The SMILES string of the molecule is CCOc1nc2nc(NC)ccc2[nH]1. The fourth-order valence-electron chi connectivity index (χ4n) is 1.21. The average molecular weight is 192 g/mol. The number of nitrogens with zero attached hydrogens (tertiary/aromatic N) is 2. The van der Waals surface area contributed by atoms with Gasteiger partial charge in [-0.1, -0.05) is 0 Å². The van der Waals surface area contributed by atoms with Gasteiger partial charge in [-0.05, 0) is 19.1 Å². The number of hydrogen-bond donors (Lipinski definition) is 2. The second-order valence-corrected chi connectivity index (χ2v) is 2.79. The summed E-state index contributed by atoms with van der Waals surface area (Å²) in [6.07, 6.45) is 0. The van der Waals surface area contributed by atoms with Gasteiger partial charge in [0.1, 0.15) is 5.82 Å². The highest BCUT2D eigenvalue weighted by Gasteiger charge is 2.04. The van der Waals surface area contributed by atoms with Crippen molar-refractivity contribution < 1.29 is 4.74 Å². The zero-order valence-corrected chi connectivity index (χ0v) is 8.16. The van der Waals surface area contributed by atoms with E-state index in [2.05, 4.69) is 20.3 Å². The van der Waals surface area contributed by atoms with Gasteiger partial charge in [-0.3, -0.25) is 0 Å². The van der Waals surface area contributed by atoms with Gasteiger partial charge in [-0.2, -0.15) is 4.98 Å². The van der Waals surface area contributed by atoms with Crippen molar-refractivity contribution in [2.75, 3.05) is 19.0 Å². The molecule has 0 aromatic carbocycles. The Morgan fingerprint density at radius 2 is 2.29 bits per heavy atom. The van der Waals surface area contributed by atoms with E-state index in [1.54, 1.807) is 0 Å². The van der Waals surface area contributed by atoms with Gasteiger partial charge in [-0.25, -0.2) is 4.98 Å². The Kier molecular flexibility index (Phi) is 2.22. The van der Waals surface area contributed by atoms with Crippen molar-refractivity contribution in [3.8, 4) is 6.01 Å². The molecule has 0 aliphatic carbocycles. The smallest absolute Gasteiger partial charge is 0.296 e. The van der Waals surface area contributed by atoms with E-state index in [0.717, 1.165) is 11.3 Å². The lowest BCUT2D eigenvalue weighted by molar-refractivity contribution is 0.317. The Balaban J connectivity index is 2.43. The van der Waals surface area contributed by atoms with Gasteiger partial charge in [-0.15, -0.1) is 0 Å². The molecule has 0 amide bonds. The third kappa shape index (κ3) is 1.48. The van der Waals surface area contributed by atoms with E-state index in [4.69, 9.17) is 4.74 Å². The van der Waals surface area contributed by atoms with Gasteiger partial charge >= 0.3 is 0 Å². The fraction of sp³-hybridized carbons (Fsp3) is 0.333. The van der Waals surface area contributed by atoms with E-state index >= 15 is 0 Å². The van der Waals surface area contributed by atoms with Crippen LogP contribution in [0.15, 0.2) is 12.1 Å². The number of rotatable bonds is 3. The third-order valence-corrected chi connectivity index (χ3v) is 1.86. The summed E-state index contributed by atoms with van der Waals surface area (Å²) in [4.78, 5) is 11.5. The zero-order valence-electron chi connectivity index (χ0n) is 8.16. The lowest BCUT2D eigenvalue weighted by Gasteiger charge is -1.95. The molecule has 2 heterocycles. The predicted molar refractivity (Wildman–Crippen MR) is 54.6 cm³/mol. The minimum Gasteiger partial charge on any atom is -0.465 e. The van der Waals surface area contributed by atoms with Gasteiger partial charge in [0.05, 0.1) is 12.1 Å². The number of pyridine rings is 1. The maximum atomic E-state index is 5.24. The summed E-state index contributed by atoms with van der Waals surface area (Å²) in [5.74, 6) is 0.798. The van der Waals surface area contributed by atoms with Crippen LogP contribution in [0.4, 0.5) is 5.82 Å². The Morgan fingerprint density at radius 1 is 1.43 bits per heavy atom. The summed E-state index contributed by atoms with van der Waals surface area (Å²) in [5.41, 5.74) is 1.55. The standard InChI is InChI=1S/C9H12N4O/c1-3-14-9-11-6-4-5-7(10-2)12-8(6)13-9/h4-5H,3H2,1-2H3,(H2,10,11,12,13). The van der Waals surface area contributed by atoms with Gasteiger partial charge in [0.15, 0.2) is 5.65 Å². The highest BCUT2D eigenvalue weighted by Crippen LogP contribution is 2.15. The highest BCUT2D eigenvalue weighted by atomic mass is 16.5. The van der Waals surface area contributed by atoms with E-state index in [-0.39, 0.29) is 0 Å². The first kappa shape index (κ1) is 8.80. The number of aromatic amines is 1. The number of aromatic nitrogens is 3. The van der Waals surface area contributed by atoms with Crippen LogP contribution in [-0.2, 0) is 0 Å². The number of H-pyrrole nitrogens is 1. The van der Waals surface area contributed by atoms with Crippen molar-refractivity contribution in [3.05, 3.63) is 12.1 Å². The van der Waals surface area contributed by atoms with Crippen LogP contribution in [0.2, 0.25) is 0 Å². The largest absolute Gasteiger partial charge is 0.465 e. The van der Waals surface area contributed by atoms with E-state index in [1.807, 2.05) is 26.1 Å². The molecule has 5 heteroatoms. The molecular formula is C9H12N4O. The Bertz CT molecular complexity index is 437. The third-order valence-electron chi connectivity index (χ3n) is 1.86. The average Bonchev–Trinajstić information content (AvgIpc) is 2.59. The molecule has 0 spiro atoms. The number of ether oxygens (including phenoxy) is 1. The second kappa shape index (κ2) is 3.53. The quantitative estimate of drug-likeness (QED) is 0.771. The molecule has 0 aliphatic heterocycles. The molecule has 2 N–H and O–H groups in total. The second-order valence-electron chi connectivity index (χ2n) is 2.79. The van der Waals surface area contributed by atoms with Crippen LogP contribution in [0.25, 0.3) is 11.2 Å². The molecular weight excluding hydrogens is 180 g/mol. The normalized spacial score (nSPS) is 10.4. The molecule has 2 aromatic heterocycles. The van der Waals surface area contributed by atoms with E-state index in [9.17, 15) is 0 Å². The molecule has 2 rings (SSSR count). The molecule has 14 heavy (non-hydrogen) atoms. The fourth-order valence-corrected chi connectivity index (χ4v) is 1.21. The summed E-state index contributed by atoms with van der Waals surface area (Å²) >= 11 is 0. The zero-order chi connectivity index (χ0) is 9.97. The molecule has 0 fully saturated rings. The summed E-state index contributed by atoms with van der Waals surface area (Å²) in [5, 5.41) is 2.95. The number of hydrogen-bond acceptors (Lipinski definition) is 4. The lowest BCUT2D eigenvalue weighted by Crippen LogP contribution is -1.92. The molecule has 0 unspecified atom stereocenters. The first-order valence-electron chi connectivity index (χ1n) is 4.51. The van der Waals surface area contributed by atoms with Crippen LogP contribution in [0.1, 0.15) is 6.92 Å². The van der Waals surface area contributed by atoms with Gasteiger partial charge in [0, 0.05) is 7.05 Å². The minimum absolute atomic E-state index is 0.517. The van der Waals surface area contributed by atoms with Gasteiger partial charge in [0.2, 0.25) is 0 Å². The van der Waals surface area contributed by atoms with Crippen LogP contribution in [0, 0.1) is 0 Å². The van der Waals surface area contributed by atoms with Crippen LogP contribution in [-0.4, -0.2) is 28.6 Å². The molecule has 0 atom stereocenters. The van der Waals surface area contributed by atoms with Gasteiger partial charge in [0.25, 0.3) is 6.01 Å². The Hall–Kier alpha value is -1.78. The molecule has 0 saturated carbocycles. The number of nitrogens with one attached hydrogen (secondary N) is 2. The highest BCUT2D eigenvalue weighted by molar-refractivity contribution is 5.73.